The third-order valence-corrected chi connectivity index (χ3v) is 4.89. The van der Waals surface area contributed by atoms with Crippen LogP contribution in [-0.4, -0.2) is 23.1 Å². The minimum atomic E-state index is -3.86. The van der Waals surface area contributed by atoms with Crippen molar-refractivity contribution in [1.82, 2.24) is 9.78 Å². The van der Waals surface area contributed by atoms with Crippen molar-refractivity contribution in [1.29, 1.82) is 0 Å². The molecule has 3 rings (SSSR count). The van der Waals surface area contributed by atoms with Gasteiger partial charge in [0.15, 0.2) is 0 Å². The summed E-state index contributed by atoms with van der Waals surface area (Å²) in [7, 11) is -3.86. The van der Waals surface area contributed by atoms with Crippen molar-refractivity contribution >= 4 is 21.4 Å². The molecule has 0 aliphatic rings. The van der Waals surface area contributed by atoms with Crippen LogP contribution in [0.1, 0.15) is 5.56 Å². The van der Waals surface area contributed by atoms with Gasteiger partial charge in [-0.25, -0.2) is 8.42 Å². The summed E-state index contributed by atoms with van der Waals surface area (Å²) in [6, 6.07) is 13.5. The lowest BCUT2D eigenvalue weighted by Crippen LogP contribution is -2.15. The Hall–Kier alpha value is -3.20. The first-order valence-electron chi connectivity index (χ1n) is 7.28. The van der Waals surface area contributed by atoms with Gasteiger partial charge in [0.2, 0.25) is 0 Å². The molecule has 0 aliphatic carbocycles. The summed E-state index contributed by atoms with van der Waals surface area (Å²) in [6.45, 7) is 0.409. The molecular weight excluding hydrogens is 344 g/mol. The zero-order chi connectivity index (χ0) is 17.9. The Labute approximate surface area is 143 Å². The van der Waals surface area contributed by atoms with Crippen LogP contribution in [0, 0.1) is 10.1 Å². The minimum absolute atomic E-state index is 0.0491. The van der Waals surface area contributed by atoms with Gasteiger partial charge in [-0.15, -0.1) is 0 Å². The first-order valence-corrected chi connectivity index (χ1v) is 8.77. The number of hydrogen-bond acceptors (Lipinski definition) is 5. The van der Waals surface area contributed by atoms with Crippen molar-refractivity contribution < 1.29 is 13.3 Å². The summed E-state index contributed by atoms with van der Waals surface area (Å²) in [6.07, 6.45) is 3.42. The largest absolute Gasteiger partial charge is 0.279 e. The van der Waals surface area contributed by atoms with E-state index < -0.39 is 14.9 Å². The first-order chi connectivity index (χ1) is 12.0. The molecule has 0 saturated carbocycles. The fourth-order valence-electron chi connectivity index (χ4n) is 2.28. The number of nitro groups is 1. The number of benzene rings is 2. The Morgan fingerprint density at radius 3 is 2.44 bits per heavy atom. The number of non-ortho nitro benzene ring substituents is 1. The molecule has 9 heteroatoms. The lowest BCUT2D eigenvalue weighted by atomic mass is 10.2. The van der Waals surface area contributed by atoms with Gasteiger partial charge in [-0.05, 0) is 29.8 Å². The maximum Gasteiger partial charge on any atom is 0.269 e. The van der Waals surface area contributed by atoms with Crippen molar-refractivity contribution in [3.8, 4) is 0 Å². The molecule has 0 unspecified atom stereocenters. The smallest absolute Gasteiger partial charge is 0.269 e. The molecule has 3 aromatic rings. The third kappa shape index (κ3) is 3.83. The number of hydrogen-bond donors (Lipinski definition) is 1. The molecule has 0 saturated heterocycles. The lowest BCUT2D eigenvalue weighted by Gasteiger charge is -2.12. The molecule has 0 bridgehead atoms. The van der Waals surface area contributed by atoms with E-state index in [1.54, 1.807) is 41.3 Å². The molecule has 8 nitrogen and oxygen atoms in total. The van der Waals surface area contributed by atoms with E-state index in [0.717, 1.165) is 17.7 Å². The molecule has 25 heavy (non-hydrogen) atoms. The standard InChI is InChI=1S/C16H14N4O4S/c21-20(22)14-6-8-15(9-7-14)25(23,24)18-16-5-2-1-4-13(16)12-19-11-3-10-17-19/h1-11,18H,12H2. The molecule has 0 radical (unpaired) electrons. The SMILES string of the molecule is O=[N+]([O-])c1ccc(S(=O)(=O)Nc2ccccc2Cn2cccn2)cc1. The summed E-state index contributed by atoms with van der Waals surface area (Å²) in [4.78, 5) is 10.1. The summed E-state index contributed by atoms with van der Waals surface area (Å²) in [5, 5.41) is 14.8. The minimum Gasteiger partial charge on any atom is -0.279 e. The normalized spacial score (nSPS) is 11.2. The number of nitrogens with one attached hydrogen (secondary N) is 1. The first kappa shape index (κ1) is 16.7. The van der Waals surface area contributed by atoms with Crippen molar-refractivity contribution in [2.24, 2.45) is 0 Å². The number of nitrogens with zero attached hydrogens (tertiary/aromatic N) is 3. The van der Waals surface area contributed by atoms with Crippen LogP contribution in [0.15, 0.2) is 71.9 Å². The summed E-state index contributed by atoms with van der Waals surface area (Å²) in [5.41, 5.74) is 1.01. The predicted molar refractivity (Wildman–Crippen MR) is 91.7 cm³/mol. The molecule has 0 aliphatic heterocycles. The summed E-state index contributed by atoms with van der Waals surface area (Å²) in [5.74, 6) is 0. The Morgan fingerprint density at radius 1 is 1.08 bits per heavy atom. The second-order valence-electron chi connectivity index (χ2n) is 5.22. The average Bonchev–Trinajstić information content (AvgIpc) is 3.09. The number of rotatable bonds is 6. The van der Waals surface area contributed by atoms with Crippen molar-refractivity contribution in [3.05, 3.63) is 82.7 Å². The molecule has 0 atom stereocenters. The average molecular weight is 358 g/mol. The zero-order valence-corrected chi connectivity index (χ0v) is 13.8. The highest BCUT2D eigenvalue weighted by molar-refractivity contribution is 7.92. The van der Waals surface area contributed by atoms with Crippen LogP contribution < -0.4 is 4.72 Å². The second kappa shape index (κ2) is 6.73. The van der Waals surface area contributed by atoms with E-state index in [-0.39, 0.29) is 10.6 Å². The monoisotopic (exact) mass is 358 g/mol. The van der Waals surface area contributed by atoms with E-state index in [1.807, 2.05) is 6.07 Å². The molecule has 128 valence electrons. The van der Waals surface area contributed by atoms with E-state index in [0.29, 0.717) is 12.2 Å². The lowest BCUT2D eigenvalue weighted by molar-refractivity contribution is -0.384. The van der Waals surface area contributed by atoms with Gasteiger partial charge in [-0.2, -0.15) is 5.10 Å². The summed E-state index contributed by atoms with van der Waals surface area (Å²) >= 11 is 0. The van der Waals surface area contributed by atoms with Crippen molar-refractivity contribution in [2.75, 3.05) is 4.72 Å². The molecule has 1 N–H and O–H groups in total. The number of anilines is 1. The Balaban J connectivity index is 1.87. The van der Waals surface area contributed by atoms with Gasteiger partial charge >= 0.3 is 0 Å². The van der Waals surface area contributed by atoms with Crippen LogP contribution >= 0.6 is 0 Å². The Morgan fingerprint density at radius 2 is 1.80 bits per heavy atom. The third-order valence-electron chi connectivity index (χ3n) is 3.51. The van der Waals surface area contributed by atoms with E-state index in [9.17, 15) is 18.5 Å². The van der Waals surface area contributed by atoms with E-state index >= 15 is 0 Å². The highest BCUT2D eigenvalue weighted by Gasteiger charge is 2.17. The highest BCUT2D eigenvalue weighted by atomic mass is 32.2. The van der Waals surface area contributed by atoms with Gasteiger partial charge in [-0.3, -0.25) is 19.5 Å². The number of para-hydroxylation sites is 1. The fourth-order valence-corrected chi connectivity index (χ4v) is 3.38. The maximum absolute atomic E-state index is 12.5. The van der Waals surface area contributed by atoms with Crippen LogP contribution in [0.2, 0.25) is 0 Å². The fraction of sp³-hybridized carbons (Fsp3) is 0.0625. The number of nitro benzene ring substituents is 1. The summed E-state index contributed by atoms with van der Waals surface area (Å²) < 4.78 is 29.3. The van der Waals surface area contributed by atoms with Gasteiger partial charge in [0.25, 0.3) is 15.7 Å². The van der Waals surface area contributed by atoms with Crippen LogP contribution in [0.4, 0.5) is 11.4 Å². The Bertz CT molecular complexity index is 983. The number of sulfonamides is 1. The van der Waals surface area contributed by atoms with Gasteiger partial charge in [0.1, 0.15) is 0 Å². The molecule has 1 aromatic heterocycles. The highest BCUT2D eigenvalue weighted by Crippen LogP contribution is 2.22. The molecule has 1 heterocycles. The van der Waals surface area contributed by atoms with Gasteiger partial charge in [0.05, 0.1) is 22.1 Å². The number of aromatic nitrogens is 2. The molecule has 0 spiro atoms. The van der Waals surface area contributed by atoms with Crippen LogP contribution in [0.3, 0.4) is 0 Å². The van der Waals surface area contributed by atoms with E-state index in [4.69, 9.17) is 0 Å². The molecule has 2 aromatic carbocycles. The van der Waals surface area contributed by atoms with Crippen LogP contribution in [-0.2, 0) is 16.6 Å². The maximum atomic E-state index is 12.5. The molecular formula is C16H14N4O4S. The second-order valence-corrected chi connectivity index (χ2v) is 6.90. The van der Waals surface area contributed by atoms with Gasteiger partial charge in [-0.1, -0.05) is 18.2 Å². The van der Waals surface area contributed by atoms with Gasteiger partial charge in [0, 0.05) is 24.5 Å². The van der Waals surface area contributed by atoms with Gasteiger partial charge < -0.3 is 0 Å². The van der Waals surface area contributed by atoms with E-state index in [1.165, 1.54) is 12.1 Å². The molecule has 0 amide bonds. The van der Waals surface area contributed by atoms with Crippen molar-refractivity contribution in [2.45, 2.75) is 11.4 Å². The molecule has 0 fully saturated rings. The topological polar surface area (TPSA) is 107 Å². The van der Waals surface area contributed by atoms with Crippen molar-refractivity contribution in [3.63, 3.8) is 0 Å². The van der Waals surface area contributed by atoms with Crippen LogP contribution in [0.25, 0.3) is 0 Å². The predicted octanol–water partition coefficient (Wildman–Crippen LogP) is 2.64. The van der Waals surface area contributed by atoms with E-state index in [2.05, 4.69) is 9.82 Å². The Kier molecular flexibility index (Phi) is 4.48. The zero-order valence-electron chi connectivity index (χ0n) is 12.9. The van der Waals surface area contributed by atoms with Crippen LogP contribution in [0.5, 0.6) is 0 Å². The quantitative estimate of drug-likeness (QED) is 0.538.